The molecule has 0 saturated heterocycles. The van der Waals surface area contributed by atoms with Crippen LogP contribution in [0.15, 0.2) is 35.4 Å². The van der Waals surface area contributed by atoms with E-state index < -0.39 is 5.76 Å². The highest BCUT2D eigenvalue weighted by atomic mass is 32.2. The van der Waals surface area contributed by atoms with E-state index in [0.29, 0.717) is 28.8 Å². The summed E-state index contributed by atoms with van der Waals surface area (Å²) in [4.78, 5) is 14.5. The van der Waals surface area contributed by atoms with Crippen LogP contribution in [0, 0.1) is 6.92 Å². The summed E-state index contributed by atoms with van der Waals surface area (Å²) in [5, 5.41) is 4.06. The fraction of sp³-hybridized carbons (Fsp3) is 0.333. The lowest BCUT2D eigenvalue weighted by atomic mass is 10.2. The third-order valence-corrected chi connectivity index (χ3v) is 4.10. The number of thioether (sulfide) groups is 1. The minimum Gasteiger partial charge on any atom is -0.337 e. The quantitative estimate of drug-likeness (QED) is 0.792. The number of hydrogen-bond donors (Lipinski definition) is 0. The molecule has 0 spiro atoms. The molecule has 0 saturated carbocycles. The maximum Gasteiger partial charge on any atom is 0.288 e. The Hall–Kier alpha value is -1.89. The molecule has 1 aromatic heterocycles. The maximum atomic E-state index is 12.4. The van der Waals surface area contributed by atoms with E-state index in [1.807, 2.05) is 6.92 Å². The number of hydrogen-bond acceptors (Lipinski definition) is 3. The summed E-state index contributed by atoms with van der Waals surface area (Å²) in [6.45, 7) is 2.25. The number of benzene rings is 1. The molecule has 0 fully saturated rings. The predicted octanol–water partition coefficient (Wildman–Crippen LogP) is 3.32. The highest BCUT2D eigenvalue weighted by molar-refractivity contribution is 7.99. The van der Waals surface area contributed by atoms with Crippen molar-refractivity contribution >= 4 is 17.7 Å². The van der Waals surface area contributed by atoms with Crippen LogP contribution in [0.5, 0.6) is 0 Å². The van der Waals surface area contributed by atoms with Gasteiger partial charge in [-0.2, -0.15) is 13.9 Å². The number of amides is 1. The van der Waals surface area contributed by atoms with Gasteiger partial charge in [-0.05, 0) is 24.6 Å². The van der Waals surface area contributed by atoms with Crippen LogP contribution in [0.4, 0.5) is 8.78 Å². The van der Waals surface area contributed by atoms with Crippen LogP contribution in [0.25, 0.3) is 0 Å². The summed E-state index contributed by atoms with van der Waals surface area (Å²) in [6, 6.07) is 6.79. The largest absolute Gasteiger partial charge is 0.337 e. The van der Waals surface area contributed by atoms with Gasteiger partial charge in [0, 0.05) is 31.2 Å². The van der Waals surface area contributed by atoms with Gasteiger partial charge in [-0.25, -0.2) is 0 Å². The monoisotopic (exact) mass is 325 g/mol. The van der Waals surface area contributed by atoms with Gasteiger partial charge in [0.25, 0.3) is 11.7 Å². The molecule has 0 aliphatic heterocycles. The first-order chi connectivity index (χ1) is 10.4. The van der Waals surface area contributed by atoms with E-state index in [1.54, 1.807) is 54.1 Å². The van der Waals surface area contributed by atoms with Crippen LogP contribution in [0.2, 0.25) is 0 Å². The van der Waals surface area contributed by atoms with Gasteiger partial charge in [-0.15, -0.1) is 0 Å². The van der Waals surface area contributed by atoms with E-state index in [0.717, 1.165) is 11.3 Å². The Morgan fingerprint density at radius 2 is 2.00 bits per heavy atom. The van der Waals surface area contributed by atoms with Gasteiger partial charge in [0.05, 0.1) is 11.8 Å². The lowest BCUT2D eigenvalue weighted by Crippen LogP contribution is -2.26. The summed E-state index contributed by atoms with van der Waals surface area (Å²) in [5.41, 5.74) is 2.26. The molecule has 2 rings (SSSR count). The van der Waals surface area contributed by atoms with E-state index in [9.17, 15) is 13.6 Å². The smallest absolute Gasteiger partial charge is 0.288 e. The van der Waals surface area contributed by atoms with Crippen LogP contribution >= 0.6 is 11.8 Å². The summed E-state index contributed by atoms with van der Waals surface area (Å²) < 4.78 is 26.2. The zero-order chi connectivity index (χ0) is 16.3. The number of rotatable bonds is 5. The normalized spacial score (nSPS) is 11.0. The molecular weight excluding hydrogens is 308 g/mol. The van der Waals surface area contributed by atoms with Gasteiger partial charge >= 0.3 is 0 Å². The minimum atomic E-state index is -2.43. The van der Waals surface area contributed by atoms with Gasteiger partial charge < -0.3 is 4.90 Å². The Balaban J connectivity index is 2.03. The molecule has 0 N–H and O–H groups in total. The van der Waals surface area contributed by atoms with Crippen LogP contribution in [0.1, 0.15) is 21.6 Å². The average Bonchev–Trinajstić information content (AvgIpc) is 2.80. The molecule has 22 heavy (non-hydrogen) atoms. The van der Waals surface area contributed by atoms with E-state index in [4.69, 9.17) is 0 Å². The second-order valence-corrected chi connectivity index (χ2v) is 6.01. The molecule has 0 aliphatic carbocycles. The lowest BCUT2D eigenvalue weighted by Gasteiger charge is -2.17. The first kappa shape index (κ1) is 16.5. The minimum absolute atomic E-state index is 0.114. The number of carbonyl (C=O) groups excluding carboxylic acids is 1. The second-order valence-electron chi connectivity index (χ2n) is 4.95. The van der Waals surface area contributed by atoms with Crippen LogP contribution in [-0.2, 0) is 13.6 Å². The molecular formula is C15H17F2N3OS. The molecule has 2 aromatic rings. The Bertz CT molecular complexity index is 655. The molecule has 0 radical (unpaired) electrons. The van der Waals surface area contributed by atoms with Crippen molar-refractivity contribution in [3.05, 3.63) is 47.3 Å². The lowest BCUT2D eigenvalue weighted by molar-refractivity contribution is 0.0784. The van der Waals surface area contributed by atoms with Gasteiger partial charge in [-0.1, -0.05) is 23.9 Å². The molecule has 1 aromatic carbocycles. The van der Waals surface area contributed by atoms with Crippen molar-refractivity contribution in [3.8, 4) is 0 Å². The van der Waals surface area contributed by atoms with Crippen molar-refractivity contribution in [2.24, 2.45) is 7.05 Å². The van der Waals surface area contributed by atoms with E-state index in [2.05, 4.69) is 5.10 Å². The van der Waals surface area contributed by atoms with E-state index in [-0.39, 0.29) is 5.91 Å². The van der Waals surface area contributed by atoms with Crippen molar-refractivity contribution in [2.75, 3.05) is 7.05 Å². The highest BCUT2D eigenvalue weighted by Gasteiger charge is 2.17. The maximum absolute atomic E-state index is 12.4. The predicted molar refractivity (Wildman–Crippen MR) is 82.0 cm³/mol. The van der Waals surface area contributed by atoms with Crippen LogP contribution < -0.4 is 0 Å². The SMILES string of the molecule is Cc1c(C(=O)N(C)Cc2ccc(SC(F)F)cc2)cnn1C. The topological polar surface area (TPSA) is 38.1 Å². The number of aromatic nitrogens is 2. The van der Waals surface area contributed by atoms with Crippen molar-refractivity contribution in [2.45, 2.75) is 24.1 Å². The molecule has 1 amide bonds. The van der Waals surface area contributed by atoms with Crippen molar-refractivity contribution in [1.82, 2.24) is 14.7 Å². The number of nitrogens with zero attached hydrogens (tertiary/aromatic N) is 3. The zero-order valence-electron chi connectivity index (χ0n) is 12.6. The van der Waals surface area contributed by atoms with Crippen LogP contribution in [0.3, 0.4) is 0 Å². The number of carbonyl (C=O) groups is 1. The van der Waals surface area contributed by atoms with Gasteiger partial charge in [0.1, 0.15) is 0 Å². The molecule has 118 valence electrons. The van der Waals surface area contributed by atoms with Crippen molar-refractivity contribution in [3.63, 3.8) is 0 Å². The number of alkyl halides is 2. The number of halogens is 2. The molecule has 0 aliphatic rings. The number of aryl methyl sites for hydroxylation is 1. The third kappa shape index (κ3) is 3.85. The van der Waals surface area contributed by atoms with Crippen molar-refractivity contribution < 1.29 is 13.6 Å². The second kappa shape index (κ2) is 6.91. The highest BCUT2D eigenvalue weighted by Crippen LogP contribution is 2.25. The van der Waals surface area contributed by atoms with E-state index in [1.165, 1.54) is 0 Å². The Kier molecular flexibility index (Phi) is 5.18. The molecule has 0 bridgehead atoms. The first-order valence-electron chi connectivity index (χ1n) is 6.66. The molecule has 0 unspecified atom stereocenters. The zero-order valence-corrected chi connectivity index (χ0v) is 13.4. The summed E-state index contributed by atoms with van der Waals surface area (Å²) in [7, 11) is 3.49. The Morgan fingerprint density at radius 3 is 2.50 bits per heavy atom. The molecule has 1 heterocycles. The van der Waals surface area contributed by atoms with Crippen LogP contribution in [-0.4, -0.2) is 33.4 Å². The molecule has 4 nitrogen and oxygen atoms in total. The van der Waals surface area contributed by atoms with Gasteiger partial charge in [0.2, 0.25) is 0 Å². The van der Waals surface area contributed by atoms with Crippen molar-refractivity contribution in [1.29, 1.82) is 0 Å². The fourth-order valence-electron chi connectivity index (χ4n) is 2.04. The molecule has 0 atom stereocenters. The Morgan fingerprint density at radius 1 is 1.36 bits per heavy atom. The van der Waals surface area contributed by atoms with E-state index >= 15 is 0 Å². The van der Waals surface area contributed by atoms with Gasteiger partial charge in [0.15, 0.2) is 0 Å². The average molecular weight is 325 g/mol. The standard InChI is InChI=1S/C15H17F2N3OS/c1-10-13(8-18-20(10)3)14(21)19(2)9-11-4-6-12(7-5-11)22-15(16)17/h4-8,15H,9H2,1-3H3. The van der Waals surface area contributed by atoms with Gasteiger partial charge in [-0.3, -0.25) is 9.48 Å². The third-order valence-electron chi connectivity index (χ3n) is 3.38. The molecule has 7 heteroatoms. The summed E-state index contributed by atoms with van der Waals surface area (Å²) in [6.07, 6.45) is 1.55. The summed E-state index contributed by atoms with van der Waals surface area (Å²) >= 11 is 0.509. The fourth-order valence-corrected chi connectivity index (χ4v) is 2.54. The summed E-state index contributed by atoms with van der Waals surface area (Å²) in [5.74, 6) is -2.54. The Labute approximate surface area is 132 Å². The first-order valence-corrected chi connectivity index (χ1v) is 7.54.